The predicted molar refractivity (Wildman–Crippen MR) is 61.3 cm³/mol. The van der Waals surface area contributed by atoms with E-state index >= 15 is 0 Å². The molecule has 2 nitrogen and oxygen atoms in total. The highest BCUT2D eigenvalue weighted by atomic mass is 19.3. The van der Waals surface area contributed by atoms with Gasteiger partial charge in [-0.1, -0.05) is 13.8 Å². The molecule has 17 heavy (non-hydrogen) atoms. The van der Waals surface area contributed by atoms with Crippen LogP contribution < -0.4 is 0 Å². The van der Waals surface area contributed by atoms with E-state index < -0.39 is 12.5 Å². The third-order valence-electron chi connectivity index (χ3n) is 2.44. The minimum atomic E-state index is -2.28. The molecule has 2 atom stereocenters. The van der Waals surface area contributed by atoms with Gasteiger partial charge in [0.05, 0.1) is 6.10 Å². The SMILES string of the molecule is CC.FC(F)C1CCCO1.FCC1CCCO1. The zero-order chi connectivity index (χ0) is 13.1. The Morgan fingerprint density at radius 1 is 1.06 bits per heavy atom. The van der Waals surface area contributed by atoms with Gasteiger partial charge in [0.25, 0.3) is 6.43 Å². The van der Waals surface area contributed by atoms with Crippen LogP contribution in [0.1, 0.15) is 39.5 Å². The average Bonchev–Trinajstić information content (AvgIpc) is 3.05. The molecule has 2 fully saturated rings. The molecule has 2 saturated heterocycles. The quantitative estimate of drug-likeness (QED) is 0.751. The zero-order valence-electron chi connectivity index (χ0n) is 10.6. The smallest absolute Gasteiger partial charge is 0.264 e. The van der Waals surface area contributed by atoms with Crippen molar-refractivity contribution < 1.29 is 22.6 Å². The molecule has 2 heterocycles. The van der Waals surface area contributed by atoms with E-state index in [1.54, 1.807) is 0 Å². The molecule has 104 valence electrons. The van der Waals surface area contributed by atoms with E-state index in [4.69, 9.17) is 4.74 Å². The Labute approximate surface area is 101 Å². The second kappa shape index (κ2) is 10.8. The van der Waals surface area contributed by atoms with Crippen molar-refractivity contribution in [2.45, 2.75) is 58.2 Å². The summed E-state index contributed by atoms with van der Waals surface area (Å²) in [7, 11) is 0. The minimum absolute atomic E-state index is 0.0694. The van der Waals surface area contributed by atoms with Gasteiger partial charge >= 0.3 is 0 Å². The molecular formula is C12H23F3O2. The Hall–Kier alpha value is -0.290. The van der Waals surface area contributed by atoms with Crippen LogP contribution in [0.3, 0.4) is 0 Å². The summed E-state index contributed by atoms with van der Waals surface area (Å²) in [6.07, 6.45) is 0.144. The molecule has 0 aliphatic carbocycles. The Morgan fingerprint density at radius 3 is 1.88 bits per heavy atom. The van der Waals surface area contributed by atoms with Crippen LogP contribution in [0.2, 0.25) is 0 Å². The van der Waals surface area contributed by atoms with E-state index in [1.807, 2.05) is 13.8 Å². The normalized spacial score (nSPS) is 27.2. The van der Waals surface area contributed by atoms with Crippen LogP contribution in [-0.4, -0.2) is 38.5 Å². The Kier molecular flexibility index (Phi) is 10.7. The van der Waals surface area contributed by atoms with E-state index in [1.165, 1.54) is 0 Å². The first kappa shape index (κ1) is 16.7. The van der Waals surface area contributed by atoms with E-state index in [0.717, 1.165) is 25.9 Å². The van der Waals surface area contributed by atoms with Gasteiger partial charge in [0.15, 0.2) is 0 Å². The first-order valence-corrected chi connectivity index (χ1v) is 6.31. The maximum atomic E-state index is 11.6. The van der Waals surface area contributed by atoms with E-state index in [9.17, 15) is 13.2 Å². The molecular weight excluding hydrogens is 233 g/mol. The summed E-state index contributed by atoms with van der Waals surface area (Å²) in [5.74, 6) is 0. The molecule has 2 aliphatic heterocycles. The molecule has 2 aliphatic rings. The molecule has 0 aromatic carbocycles. The number of hydrogen-bond donors (Lipinski definition) is 0. The number of hydrogen-bond acceptors (Lipinski definition) is 2. The van der Waals surface area contributed by atoms with E-state index in [0.29, 0.717) is 13.0 Å². The number of ether oxygens (including phenoxy) is 2. The van der Waals surface area contributed by atoms with Crippen LogP contribution in [0, 0.1) is 0 Å². The van der Waals surface area contributed by atoms with Crippen molar-refractivity contribution in [2.24, 2.45) is 0 Å². The molecule has 2 unspecified atom stereocenters. The van der Waals surface area contributed by atoms with Gasteiger partial charge in [0.2, 0.25) is 0 Å². The lowest BCUT2D eigenvalue weighted by molar-refractivity contribution is -0.0219. The first-order chi connectivity index (χ1) is 8.24. The molecule has 0 amide bonds. The van der Waals surface area contributed by atoms with Crippen LogP contribution >= 0.6 is 0 Å². The predicted octanol–water partition coefficient (Wildman–Crippen LogP) is 3.59. The first-order valence-electron chi connectivity index (χ1n) is 6.31. The van der Waals surface area contributed by atoms with Gasteiger partial charge in [-0.3, -0.25) is 0 Å². The lowest BCUT2D eigenvalue weighted by Crippen LogP contribution is -2.15. The lowest BCUT2D eigenvalue weighted by atomic mass is 10.2. The molecule has 0 aromatic heterocycles. The van der Waals surface area contributed by atoms with Crippen LogP contribution in [-0.2, 0) is 9.47 Å². The van der Waals surface area contributed by atoms with Gasteiger partial charge in [0, 0.05) is 13.2 Å². The van der Waals surface area contributed by atoms with E-state index in [-0.39, 0.29) is 12.8 Å². The third kappa shape index (κ3) is 7.60. The maximum Gasteiger partial charge on any atom is 0.264 e. The third-order valence-corrected chi connectivity index (χ3v) is 2.44. The van der Waals surface area contributed by atoms with Gasteiger partial charge < -0.3 is 9.47 Å². The number of rotatable bonds is 2. The van der Waals surface area contributed by atoms with Gasteiger partial charge in [-0.25, -0.2) is 13.2 Å². The van der Waals surface area contributed by atoms with Gasteiger partial charge in [-0.15, -0.1) is 0 Å². The average molecular weight is 256 g/mol. The van der Waals surface area contributed by atoms with Crippen LogP contribution in [0.4, 0.5) is 13.2 Å². The molecule has 0 saturated carbocycles. The molecule has 0 radical (unpaired) electrons. The van der Waals surface area contributed by atoms with Crippen molar-refractivity contribution in [2.75, 3.05) is 19.9 Å². The summed E-state index contributed by atoms with van der Waals surface area (Å²) in [6, 6.07) is 0. The fourth-order valence-electron chi connectivity index (χ4n) is 1.57. The van der Waals surface area contributed by atoms with Crippen LogP contribution in [0.5, 0.6) is 0 Å². The number of alkyl halides is 3. The zero-order valence-corrected chi connectivity index (χ0v) is 10.6. The fraction of sp³-hybridized carbons (Fsp3) is 1.00. The Bertz CT molecular complexity index is 156. The van der Waals surface area contributed by atoms with Crippen molar-refractivity contribution in [3.8, 4) is 0 Å². The summed E-state index contributed by atoms with van der Waals surface area (Å²) in [4.78, 5) is 0. The topological polar surface area (TPSA) is 18.5 Å². The lowest BCUT2D eigenvalue weighted by Gasteiger charge is -2.04. The molecule has 0 spiro atoms. The Balaban J connectivity index is 0.000000265. The van der Waals surface area contributed by atoms with Crippen molar-refractivity contribution in [1.82, 2.24) is 0 Å². The minimum Gasteiger partial charge on any atom is -0.376 e. The summed E-state index contributed by atoms with van der Waals surface area (Å²) in [5.41, 5.74) is 0. The monoisotopic (exact) mass is 256 g/mol. The maximum absolute atomic E-state index is 11.6. The van der Waals surface area contributed by atoms with Crippen molar-refractivity contribution in [3.05, 3.63) is 0 Å². The van der Waals surface area contributed by atoms with E-state index in [2.05, 4.69) is 4.74 Å². The summed E-state index contributed by atoms with van der Waals surface area (Å²) in [5, 5.41) is 0. The Morgan fingerprint density at radius 2 is 1.65 bits per heavy atom. The van der Waals surface area contributed by atoms with Crippen LogP contribution in [0.25, 0.3) is 0 Å². The summed E-state index contributed by atoms with van der Waals surface area (Å²) >= 11 is 0. The van der Waals surface area contributed by atoms with Crippen molar-refractivity contribution >= 4 is 0 Å². The standard InChI is InChI=1S/C5H8F2O.C5H9FO.C2H6/c6-5(7)4-2-1-3-8-4;6-4-5-2-1-3-7-5;1-2/h4-5H,1-3H2;5H,1-4H2;1-2H3. The number of halogens is 3. The fourth-order valence-corrected chi connectivity index (χ4v) is 1.57. The summed E-state index contributed by atoms with van der Waals surface area (Å²) in [6.45, 7) is 4.96. The highest BCUT2D eigenvalue weighted by Gasteiger charge is 2.24. The second-order valence-corrected chi connectivity index (χ2v) is 3.68. The molecule has 0 N–H and O–H groups in total. The molecule has 5 heteroatoms. The second-order valence-electron chi connectivity index (χ2n) is 3.68. The van der Waals surface area contributed by atoms with Gasteiger partial charge in [-0.05, 0) is 25.7 Å². The molecule has 2 rings (SSSR count). The van der Waals surface area contributed by atoms with Crippen molar-refractivity contribution in [1.29, 1.82) is 0 Å². The highest BCUT2D eigenvalue weighted by molar-refractivity contribution is 4.65. The van der Waals surface area contributed by atoms with Gasteiger partial charge in [0.1, 0.15) is 12.8 Å². The largest absolute Gasteiger partial charge is 0.376 e. The highest BCUT2D eigenvalue weighted by Crippen LogP contribution is 2.18. The van der Waals surface area contributed by atoms with Crippen LogP contribution in [0.15, 0.2) is 0 Å². The summed E-state index contributed by atoms with van der Waals surface area (Å²) < 4.78 is 44.4. The van der Waals surface area contributed by atoms with Gasteiger partial charge in [-0.2, -0.15) is 0 Å². The molecule has 0 aromatic rings. The molecule has 0 bridgehead atoms. The van der Waals surface area contributed by atoms with Crippen molar-refractivity contribution in [3.63, 3.8) is 0 Å².